The van der Waals surface area contributed by atoms with Crippen molar-refractivity contribution >= 4 is 30.1 Å². The van der Waals surface area contributed by atoms with E-state index in [0.29, 0.717) is 6.42 Å². The lowest BCUT2D eigenvalue weighted by molar-refractivity contribution is -0.117. The number of hydrogen-bond donors (Lipinski definition) is 2. The van der Waals surface area contributed by atoms with Crippen LogP contribution in [0.1, 0.15) is 51.3 Å². The molecule has 0 radical (unpaired) electrons. The smallest absolute Gasteiger partial charge is 0.408 e. The van der Waals surface area contributed by atoms with Crippen LogP contribution in [0.15, 0.2) is 42.5 Å². The van der Waals surface area contributed by atoms with E-state index >= 15 is 0 Å². The van der Waals surface area contributed by atoms with Gasteiger partial charge in [0.1, 0.15) is 0 Å². The van der Waals surface area contributed by atoms with Gasteiger partial charge in [0.2, 0.25) is 5.91 Å². The van der Waals surface area contributed by atoms with Gasteiger partial charge in [-0.2, -0.15) is 0 Å². The molecule has 0 aromatic heterocycles. The lowest BCUT2D eigenvalue weighted by Gasteiger charge is -2.43. The summed E-state index contributed by atoms with van der Waals surface area (Å²) < 4.78 is 0. The molecule has 0 unspecified atom stereocenters. The molecule has 0 bridgehead atoms. The second-order valence-electron chi connectivity index (χ2n) is 8.60. The Morgan fingerprint density at radius 1 is 1.16 bits per heavy atom. The van der Waals surface area contributed by atoms with Crippen LogP contribution in [0.4, 0.5) is 10.5 Å². The molecule has 1 heterocycles. The standard InChI is InChI=1S/C25H33N3O3.ClH/c1-16(2)27(25(30)31)24-14-17(3)28(18(4)29)23-11-10-21(15-22(23)24)20-8-6-19(7-9-20)12-13-26-5;/h6-11,15-17,24,26H,12-14H2,1-5H3,(H,30,31);1H/t17-,24+;/m0./s1. The van der Waals surface area contributed by atoms with Gasteiger partial charge in [-0.1, -0.05) is 30.3 Å². The number of benzene rings is 2. The zero-order valence-corrected chi connectivity index (χ0v) is 20.3. The van der Waals surface area contributed by atoms with Gasteiger partial charge in [0.15, 0.2) is 0 Å². The minimum absolute atomic E-state index is 0. The number of carboxylic acid groups (broad SMARTS) is 1. The van der Waals surface area contributed by atoms with Crippen LogP contribution in [0.2, 0.25) is 0 Å². The van der Waals surface area contributed by atoms with E-state index in [1.807, 2.05) is 40.0 Å². The van der Waals surface area contributed by atoms with Crippen molar-refractivity contribution in [2.75, 3.05) is 18.5 Å². The Bertz CT molecular complexity index is 946. The number of halogens is 1. The van der Waals surface area contributed by atoms with Gasteiger partial charge in [0, 0.05) is 24.7 Å². The maximum atomic E-state index is 12.4. The molecule has 0 fully saturated rings. The van der Waals surface area contributed by atoms with Crippen LogP contribution in [-0.4, -0.2) is 47.7 Å². The molecule has 0 saturated carbocycles. The third-order valence-corrected chi connectivity index (χ3v) is 6.05. The Balaban J connectivity index is 0.00000363. The molecule has 2 aromatic rings. The topological polar surface area (TPSA) is 72.9 Å². The van der Waals surface area contributed by atoms with E-state index < -0.39 is 6.09 Å². The average Bonchev–Trinajstić information content (AvgIpc) is 2.71. The van der Waals surface area contributed by atoms with Gasteiger partial charge in [-0.15, -0.1) is 12.4 Å². The first-order chi connectivity index (χ1) is 14.7. The summed E-state index contributed by atoms with van der Waals surface area (Å²) in [5, 5.41) is 13.1. The molecule has 2 N–H and O–H groups in total. The van der Waals surface area contributed by atoms with Crippen LogP contribution >= 0.6 is 12.4 Å². The molecule has 174 valence electrons. The van der Waals surface area contributed by atoms with Crippen molar-refractivity contribution in [3.63, 3.8) is 0 Å². The van der Waals surface area contributed by atoms with E-state index in [0.717, 1.165) is 35.3 Å². The summed E-state index contributed by atoms with van der Waals surface area (Å²) in [5.74, 6) is -0.0275. The summed E-state index contributed by atoms with van der Waals surface area (Å²) in [6.07, 6.45) is 0.605. The molecule has 2 aromatic carbocycles. The first-order valence-electron chi connectivity index (χ1n) is 10.9. The minimum Gasteiger partial charge on any atom is -0.465 e. The Labute approximate surface area is 197 Å². The van der Waals surface area contributed by atoms with Crippen LogP contribution in [0.25, 0.3) is 11.1 Å². The second kappa shape index (κ2) is 10.8. The number of amides is 2. The predicted octanol–water partition coefficient (Wildman–Crippen LogP) is 5.11. The lowest BCUT2D eigenvalue weighted by Crippen LogP contribution is -2.48. The monoisotopic (exact) mass is 459 g/mol. The Morgan fingerprint density at radius 3 is 2.31 bits per heavy atom. The fourth-order valence-electron chi connectivity index (χ4n) is 4.60. The highest BCUT2D eigenvalue weighted by atomic mass is 35.5. The maximum Gasteiger partial charge on any atom is 0.408 e. The van der Waals surface area contributed by atoms with E-state index in [4.69, 9.17) is 0 Å². The largest absolute Gasteiger partial charge is 0.465 e. The van der Waals surface area contributed by atoms with Crippen molar-refractivity contribution < 1.29 is 14.7 Å². The molecular weight excluding hydrogens is 426 g/mol. The first kappa shape index (κ1) is 25.7. The second-order valence-corrected chi connectivity index (χ2v) is 8.60. The number of anilines is 1. The summed E-state index contributed by atoms with van der Waals surface area (Å²) in [5.41, 5.74) is 5.06. The molecule has 6 nitrogen and oxygen atoms in total. The van der Waals surface area contributed by atoms with Crippen LogP contribution in [0.3, 0.4) is 0 Å². The highest BCUT2D eigenvalue weighted by Gasteiger charge is 2.38. The molecule has 0 spiro atoms. The summed E-state index contributed by atoms with van der Waals surface area (Å²) in [6, 6.07) is 14.0. The molecule has 1 aliphatic rings. The normalized spacial score (nSPS) is 17.5. The number of rotatable bonds is 6. The number of likely N-dealkylation sites (N-methyl/N-ethyl adjacent to an activating group) is 1. The van der Waals surface area contributed by atoms with E-state index in [1.165, 1.54) is 10.5 Å². The van der Waals surface area contributed by atoms with E-state index in [9.17, 15) is 14.7 Å². The van der Waals surface area contributed by atoms with Crippen LogP contribution < -0.4 is 10.2 Å². The van der Waals surface area contributed by atoms with Crippen molar-refractivity contribution in [2.45, 2.75) is 58.7 Å². The zero-order valence-electron chi connectivity index (χ0n) is 19.5. The highest BCUT2D eigenvalue weighted by Crippen LogP contribution is 2.43. The number of nitrogens with zero attached hydrogens (tertiary/aromatic N) is 2. The number of nitrogens with one attached hydrogen (secondary N) is 1. The van der Waals surface area contributed by atoms with Crippen LogP contribution in [0.5, 0.6) is 0 Å². The van der Waals surface area contributed by atoms with E-state index in [1.54, 1.807) is 11.8 Å². The fraction of sp³-hybridized carbons (Fsp3) is 0.440. The molecule has 0 aliphatic carbocycles. The SMILES string of the molecule is CNCCc1ccc(-c2ccc3c(c2)[C@H](N(C(=O)O)C(C)C)C[C@H](C)N3C(C)=O)cc1.Cl. The Morgan fingerprint density at radius 2 is 1.78 bits per heavy atom. The van der Waals surface area contributed by atoms with Crippen molar-refractivity contribution in [3.05, 3.63) is 53.6 Å². The van der Waals surface area contributed by atoms with Gasteiger partial charge in [-0.05, 0) is 81.6 Å². The summed E-state index contributed by atoms with van der Waals surface area (Å²) in [6.45, 7) is 8.26. The Kier molecular flexibility index (Phi) is 8.70. The van der Waals surface area contributed by atoms with E-state index in [2.05, 4.69) is 35.6 Å². The van der Waals surface area contributed by atoms with Crippen molar-refractivity contribution in [1.29, 1.82) is 0 Å². The number of carbonyl (C=O) groups is 2. The number of carbonyl (C=O) groups excluding carboxylic acids is 1. The molecule has 0 saturated heterocycles. The van der Waals surface area contributed by atoms with Gasteiger partial charge in [-0.25, -0.2) is 4.79 Å². The molecule has 7 heteroatoms. The van der Waals surface area contributed by atoms with Crippen molar-refractivity contribution in [3.8, 4) is 11.1 Å². The molecule has 1 aliphatic heterocycles. The third-order valence-electron chi connectivity index (χ3n) is 6.05. The lowest BCUT2D eigenvalue weighted by atomic mass is 9.87. The maximum absolute atomic E-state index is 12.4. The molecule has 2 amide bonds. The van der Waals surface area contributed by atoms with Gasteiger partial charge in [0.05, 0.1) is 6.04 Å². The molecule has 3 rings (SSSR count). The van der Waals surface area contributed by atoms with Gasteiger partial charge >= 0.3 is 6.09 Å². The van der Waals surface area contributed by atoms with Crippen LogP contribution in [-0.2, 0) is 11.2 Å². The molecule has 2 atom stereocenters. The van der Waals surface area contributed by atoms with Crippen molar-refractivity contribution in [2.24, 2.45) is 0 Å². The predicted molar refractivity (Wildman–Crippen MR) is 132 cm³/mol. The van der Waals surface area contributed by atoms with Gasteiger partial charge in [0.25, 0.3) is 0 Å². The highest BCUT2D eigenvalue weighted by molar-refractivity contribution is 5.94. The molecular formula is C25H34ClN3O3. The zero-order chi connectivity index (χ0) is 22.7. The summed E-state index contributed by atoms with van der Waals surface area (Å²) in [4.78, 5) is 27.8. The summed E-state index contributed by atoms with van der Waals surface area (Å²) >= 11 is 0. The van der Waals surface area contributed by atoms with Gasteiger partial charge < -0.3 is 15.3 Å². The minimum atomic E-state index is -0.936. The average molecular weight is 460 g/mol. The van der Waals surface area contributed by atoms with Gasteiger partial charge in [-0.3, -0.25) is 9.69 Å². The van der Waals surface area contributed by atoms with E-state index in [-0.39, 0.29) is 36.4 Å². The quantitative estimate of drug-likeness (QED) is 0.629. The first-order valence-corrected chi connectivity index (χ1v) is 10.9. The van der Waals surface area contributed by atoms with Crippen LogP contribution in [0, 0.1) is 0 Å². The number of hydrogen-bond acceptors (Lipinski definition) is 3. The Hall–Kier alpha value is -2.57. The fourth-order valence-corrected chi connectivity index (χ4v) is 4.60. The third kappa shape index (κ3) is 5.25. The summed E-state index contributed by atoms with van der Waals surface area (Å²) in [7, 11) is 1.95. The van der Waals surface area contributed by atoms with Crippen molar-refractivity contribution in [1.82, 2.24) is 10.2 Å². The number of fused-ring (bicyclic) bond motifs is 1. The molecule has 32 heavy (non-hydrogen) atoms.